The lowest BCUT2D eigenvalue weighted by Crippen LogP contribution is -2.18. The molecule has 2 aliphatic rings. The van der Waals surface area contributed by atoms with Crippen molar-refractivity contribution in [2.75, 3.05) is 4.90 Å². The third kappa shape index (κ3) is 4.10. The Morgan fingerprint density at radius 2 is 1.15 bits per heavy atom. The van der Waals surface area contributed by atoms with Gasteiger partial charge in [-0.25, -0.2) is 4.98 Å². The molecule has 0 saturated heterocycles. The van der Waals surface area contributed by atoms with Crippen molar-refractivity contribution in [2.45, 2.75) is 26.2 Å². The molecular formula is C50H34N4. The van der Waals surface area contributed by atoms with E-state index < -0.39 is 0 Å². The van der Waals surface area contributed by atoms with Gasteiger partial charge in [-0.3, -0.25) is 4.57 Å². The van der Waals surface area contributed by atoms with Crippen LogP contribution >= 0.6 is 0 Å². The minimum Gasteiger partial charge on any atom is -0.306 e. The molecule has 0 atom stereocenters. The molecule has 1 aromatic heterocycles. The normalized spacial score (nSPS) is 13.6. The molecule has 1 aliphatic carbocycles. The molecule has 4 nitrogen and oxygen atoms in total. The molecule has 54 heavy (non-hydrogen) atoms. The number of aryl methyl sites for hydroxylation is 1. The lowest BCUT2D eigenvalue weighted by Gasteiger charge is -2.33. The summed E-state index contributed by atoms with van der Waals surface area (Å²) < 4.78 is 2.32. The van der Waals surface area contributed by atoms with Crippen LogP contribution in [-0.4, -0.2) is 9.55 Å². The zero-order valence-electron chi connectivity index (χ0n) is 30.2. The topological polar surface area (TPSA) is 44.9 Å². The van der Waals surface area contributed by atoms with Crippen molar-refractivity contribution in [3.63, 3.8) is 0 Å². The van der Waals surface area contributed by atoms with Gasteiger partial charge in [0.2, 0.25) is 0 Å². The van der Waals surface area contributed by atoms with Crippen LogP contribution in [0.5, 0.6) is 0 Å². The van der Waals surface area contributed by atoms with E-state index in [1.165, 1.54) is 66.1 Å². The van der Waals surface area contributed by atoms with E-state index in [0.717, 1.165) is 39.6 Å². The molecule has 254 valence electrons. The van der Waals surface area contributed by atoms with Gasteiger partial charge in [0.1, 0.15) is 5.82 Å². The van der Waals surface area contributed by atoms with Crippen molar-refractivity contribution < 1.29 is 0 Å². The fourth-order valence-electron chi connectivity index (χ4n) is 9.45. The van der Waals surface area contributed by atoms with E-state index in [2.05, 4.69) is 182 Å². The highest BCUT2D eigenvalue weighted by Gasteiger charge is 2.36. The number of anilines is 3. The maximum atomic E-state index is 9.69. The molecule has 9 aromatic rings. The fourth-order valence-corrected chi connectivity index (χ4v) is 9.45. The van der Waals surface area contributed by atoms with Crippen LogP contribution in [0.25, 0.3) is 71.6 Å². The van der Waals surface area contributed by atoms with E-state index in [4.69, 9.17) is 4.98 Å². The predicted octanol–water partition coefficient (Wildman–Crippen LogP) is 12.9. The Balaban J connectivity index is 1.16. The summed E-state index contributed by atoms with van der Waals surface area (Å²) in [5, 5.41) is 14.6. The maximum absolute atomic E-state index is 9.69. The Morgan fingerprint density at radius 1 is 0.556 bits per heavy atom. The van der Waals surface area contributed by atoms with Crippen LogP contribution in [0, 0.1) is 18.3 Å². The zero-order valence-corrected chi connectivity index (χ0v) is 30.2. The number of imidazole rings is 1. The van der Waals surface area contributed by atoms with Gasteiger partial charge in [0.15, 0.2) is 0 Å². The van der Waals surface area contributed by atoms with Gasteiger partial charge in [0.25, 0.3) is 0 Å². The van der Waals surface area contributed by atoms with Crippen molar-refractivity contribution in [2.24, 2.45) is 0 Å². The average molecular weight is 691 g/mol. The first-order valence-corrected chi connectivity index (χ1v) is 18.5. The summed E-state index contributed by atoms with van der Waals surface area (Å²) in [7, 11) is 0. The maximum Gasteiger partial charge on any atom is 0.111 e. The third-order valence-electron chi connectivity index (χ3n) is 11.8. The largest absolute Gasteiger partial charge is 0.306 e. The molecule has 0 amide bonds. The molecule has 2 heterocycles. The van der Waals surface area contributed by atoms with Gasteiger partial charge >= 0.3 is 0 Å². The van der Waals surface area contributed by atoms with E-state index in [9.17, 15) is 5.26 Å². The fraction of sp³-hybridized carbons (Fsp3) is 0.0800. The first-order valence-electron chi connectivity index (χ1n) is 18.5. The van der Waals surface area contributed by atoms with Gasteiger partial charge in [0.05, 0.1) is 39.7 Å². The van der Waals surface area contributed by atoms with E-state index in [0.29, 0.717) is 5.56 Å². The van der Waals surface area contributed by atoms with Gasteiger partial charge in [-0.15, -0.1) is 0 Å². The number of hydrogen-bond acceptors (Lipinski definition) is 3. The monoisotopic (exact) mass is 690 g/mol. The number of para-hydroxylation sites is 2. The summed E-state index contributed by atoms with van der Waals surface area (Å²) in [5.74, 6) is 0.977. The van der Waals surface area contributed by atoms with Crippen LogP contribution in [0.1, 0.15) is 36.4 Å². The highest BCUT2D eigenvalue weighted by atomic mass is 15.2. The Bertz CT molecular complexity index is 3050. The van der Waals surface area contributed by atoms with Gasteiger partial charge in [-0.05, 0) is 128 Å². The van der Waals surface area contributed by atoms with Crippen LogP contribution < -0.4 is 4.90 Å². The molecule has 0 radical (unpaired) electrons. The molecule has 4 heteroatoms. The second-order valence-corrected chi connectivity index (χ2v) is 15.1. The van der Waals surface area contributed by atoms with E-state index in [1.54, 1.807) is 0 Å². The highest BCUT2D eigenvalue weighted by molar-refractivity contribution is 6.22. The molecule has 0 bridgehead atoms. The minimum atomic E-state index is -0.232. The van der Waals surface area contributed by atoms with Crippen LogP contribution in [0.2, 0.25) is 0 Å². The Kier molecular flexibility index (Phi) is 6.26. The van der Waals surface area contributed by atoms with Crippen LogP contribution in [0.4, 0.5) is 17.1 Å². The number of rotatable bonds is 3. The lowest BCUT2D eigenvalue weighted by atomic mass is 9.80. The SMILES string of the molecule is Cc1nc2cccc3c2n1-c1ccc(-c2c4ccccc4c(-c4ccc5c(c4)C(C)(C)c4cc(C#N)ccc4-5)c4ccccc24)cc1N3c1ccccc1. The smallest absolute Gasteiger partial charge is 0.111 e. The molecule has 0 N–H and O–H groups in total. The van der Waals surface area contributed by atoms with Gasteiger partial charge in [-0.1, -0.05) is 111 Å². The summed E-state index contributed by atoms with van der Waals surface area (Å²) in [5.41, 5.74) is 16.9. The second-order valence-electron chi connectivity index (χ2n) is 15.1. The van der Waals surface area contributed by atoms with E-state index >= 15 is 0 Å². The number of hydrogen-bond donors (Lipinski definition) is 0. The molecular weight excluding hydrogens is 657 g/mol. The summed E-state index contributed by atoms with van der Waals surface area (Å²) in [6, 6.07) is 57.3. The number of aromatic nitrogens is 2. The summed E-state index contributed by atoms with van der Waals surface area (Å²) >= 11 is 0. The number of nitriles is 1. The standard InChI is InChI=1S/C50H34N4/c1-30-52-43-18-11-19-45-49(43)53(30)44-25-22-33(28-46(44)54(45)34-12-5-4-6-13-34)48-39-16-9-7-14-37(39)47(38-15-8-10-17-40(38)48)32-21-24-36-35-23-20-31(29-51)26-41(35)50(2,3)42(36)27-32/h4-28H,1-3H3. The van der Waals surface area contributed by atoms with Crippen LogP contribution in [-0.2, 0) is 5.41 Å². The first-order chi connectivity index (χ1) is 26.4. The van der Waals surface area contributed by atoms with E-state index in [-0.39, 0.29) is 5.41 Å². The first kappa shape index (κ1) is 30.6. The van der Waals surface area contributed by atoms with Gasteiger partial charge < -0.3 is 4.90 Å². The highest BCUT2D eigenvalue weighted by Crippen LogP contribution is 2.53. The number of benzene rings is 8. The molecule has 0 unspecified atom stereocenters. The molecule has 0 fully saturated rings. The van der Waals surface area contributed by atoms with Gasteiger partial charge in [-0.2, -0.15) is 5.26 Å². The van der Waals surface area contributed by atoms with Crippen molar-refractivity contribution in [1.82, 2.24) is 9.55 Å². The van der Waals surface area contributed by atoms with Gasteiger partial charge in [0, 0.05) is 11.1 Å². The molecule has 0 spiro atoms. The number of nitrogens with zero attached hydrogens (tertiary/aromatic N) is 4. The lowest BCUT2D eigenvalue weighted by molar-refractivity contribution is 0.660. The second kappa shape index (κ2) is 11.0. The molecule has 11 rings (SSSR count). The Hall–Kier alpha value is -6.96. The summed E-state index contributed by atoms with van der Waals surface area (Å²) in [4.78, 5) is 7.38. The molecule has 0 saturated carbocycles. The third-order valence-corrected chi connectivity index (χ3v) is 11.8. The summed E-state index contributed by atoms with van der Waals surface area (Å²) in [6.45, 7) is 6.67. The molecule has 8 aromatic carbocycles. The van der Waals surface area contributed by atoms with Crippen molar-refractivity contribution in [1.29, 1.82) is 5.26 Å². The average Bonchev–Trinajstić information content (AvgIpc) is 3.67. The van der Waals surface area contributed by atoms with E-state index in [1.807, 2.05) is 6.07 Å². The van der Waals surface area contributed by atoms with Crippen LogP contribution in [0.15, 0.2) is 152 Å². The predicted molar refractivity (Wildman–Crippen MR) is 222 cm³/mol. The van der Waals surface area contributed by atoms with Crippen LogP contribution in [0.3, 0.4) is 0 Å². The minimum absolute atomic E-state index is 0.232. The van der Waals surface area contributed by atoms with Crippen molar-refractivity contribution in [3.8, 4) is 45.1 Å². The number of fused-ring (bicyclic) bond motifs is 7. The van der Waals surface area contributed by atoms with Crippen molar-refractivity contribution >= 4 is 49.6 Å². The zero-order chi connectivity index (χ0) is 36.3. The quantitative estimate of drug-likeness (QED) is 0.173. The van der Waals surface area contributed by atoms with Crippen molar-refractivity contribution in [3.05, 3.63) is 174 Å². The Morgan fingerprint density at radius 3 is 1.81 bits per heavy atom. The Labute approximate surface area is 313 Å². The summed E-state index contributed by atoms with van der Waals surface area (Å²) in [6.07, 6.45) is 0. The molecule has 1 aliphatic heterocycles.